The molecule has 16 heavy (non-hydrogen) atoms. The number of aromatic nitrogens is 1. The van der Waals surface area contributed by atoms with Crippen molar-refractivity contribution in [3.63, 3.8) is 0 Å². The first-order chi connectivity index (χ1) is 7.75. The van der Waals surface area contributed by atoms with Crippen LogP contribution < -0.4 is 11.1 Å². The number of hydrogen-bond acceptors (Lipinski definition) is 4. The van der Waals surface area contributed by atoms with Crippen LogP contribution in [-0.4, -0.2) is 30.1 Å². The summed E-state index contributed by atoms with van der Waals surface area (Å²) in [5, 5.41) is 3.28. The normalized spacial score (nSPS) is 17.0. The summed E-state index contributed by atoms with van der Waals surface area (Å²) in [6, 6.07) is 5.58. The number of hydrogen-bond donors (Lipinski definition) is 2. The lowest BCUT2D eigenvalue weighted by atomic mass is 10.1. The number of nitrogens with one attached hydrogen (secondary N) is 1. The summed E-state index contributed by atoms with van der Waals surface area (Å²) in [5.74, 6) is 0.193. The van der Waals surface area contributed by atoms with Crippen LogP contribution in [0.25, 0.3) is 0 Å². The van der Waals surface area contributed by atoms with E-state index in [1.54, 1.807) is 12.1 Å². The fourth-order valence-electron chi connectivity index (χ4n) is 1.70. The van der Waals surface area contributed by atoms with Gasteiger partial charge in [0.15, 0.2) is 0 Å². The molecular formula is C11H15N3O2. The average molecular weight is 221 g/mol. The van der Waals surface area contributed by atoms with Gasteiger partial charge < -0.3 is 15.8 Å². The molecule has 0 bridgehead atoms. The fraction of sp³-hybridized carbons (Fsp3) is 0.455. The monoisotopic (exact) mass is 221 g/mol. The highest BCUT2D eigenvalue weighted by Gasteiger charge is 2.14. The number of primary amides is 1. The van der Waals surface area contributed by atoms with E-state index in [0.717, 1.165) is 26.1 Å². The summed E-state index contributed by atoms with van der Waals surface area (Å²) >= 11 is 0. The van der Waals surface area contributed by atoms with Crippen molar-refractivity contribution >= 4 is 11.7 Å². The Morgan fingerprint density at radius 2 is 2.19 bits per heavy atom. The predicted molar refractivity (Wildman–Crippen MR) is 60.2 cm³/mol. The first kappa shape index (κ1) is 10.9. The van der Waals surface area contributed by atoms with Crippen molar-refractivity contribution in [1.29, 1.82) is 0 Å². The third kappa shape index (κ3) is 2.70. The lowest BCUT2D eigenvalue weighted by Gasteiger charge is -2.23. The molecule has 1 saturated heterocycles. The molecule has 5 nitrogen and oxygen atoms in total. The number of pyridine rings is 1. The van der Waals surface area contributed by atoms with Crippen LogP contribution in [0.1, 0.15) is 23.3 Å². The summed E-state index contributed by atoms with van der Waals surface area (Å²) in [5.41, 5.74) is 5.46. The number of rotatable bonds is 3. The van der Waals surface area contributed by atoms with Crippen LogP contribution >= 0.6 is 0 Å². The van der Waals surface area contributed by atoms with E-state index in [2.05, 4.69) is 10.3 Å². The van der Waals surface area contributed by atoms with Gasteiger partial charge in [-0.25, -0.2) is 4.98 Å². The van der Waals surface area contributed by atoms with Gasteiger partial charge in [-0.3, -0.25) is 4.79 Å². The van der Waals surface area contributed by atoms with Gasteiger partial charge in [0.25, 0.3) is 5.91 Å². The second-order valence-corrected chi connectivity index (χ2v) is 3.80. The molecule has 1 aliphatic rings. The summed E-state index contributed by atoms with van der Waals surface area (Å²) < 4.78 is 5.26. The second-order valence-electron chi connectivity index (χ2n) is 3.80. The lowest BCUT2D eigenvalue weighted by Crippen LogP contribution is -2.28. The van der Waals surface area contributed by atoms with E-state index < -0.39 is 5.91 Å². The number of anilines is 1. The van der Waals surface area contributed by atoms with E-state index in [1.807, 2.05) is 6.07 Å². The van der Waals surface area contributed by atoms with Crippen LogP contribution in [-0.2, 0) is 4.74 Å². The van der Waals surface area contributed by atoms with E-state index in [4.69, 9.17) is 10.5 Å². The maximum absolute atomic E-state index is 11.0. The molecule has 0 atom stereocenters. The minimum absolute atomic E-state index is 0.289. The molecular weight excluding hydrogens is 206 g/mol. The molecule has 0 aliphatic carbocycles. The minimum Gasteiger partial charge on any atom is -0.381 e. The SMILES string of the molecule is NC(=O)c1cccc(NC2CCOCC2)n1. The van der Waals surface area contributed by atoms with Crippen molar-refractivity contribution in [2.24, 2.45) is 5.73 Å². The molecule has 1 aromatic rings. The summed E-state index contributed by atoms with van der Waals surface area (Å²) in [6.07, 6.45) is 1.92. The molecule has 3 N–H and O–H groups in total. The molecule has 0 saturated carbocycles. The maximum atomic E-state index is 11.0. The zero-order chi connectivity index (χ0) is 11.4. The molecule has 2 heterocycles. The van der Waals surface area contributed by atoms with Gasteiger partial charge in [0.2, 0.25) is 0 Å². The minimum atomic E-state index is -0.504. The number of ether oxygens (including phenoxy) is 1. The molecule has 0 radical (unpaired) electrons. The highest BCUT2D eigenvalue weighted by molar-refractivity contribution is 5.91. The Balaban J connectivity index is 2.02. The van der Waals surface area contributed by atoms with Gasteiger partial charge in [0, 0.05) is 19.3 Å². The van der Waals surface area contributed by atoms with Gasteiger partial charge in [-0.05, 0) is 25.0 Å². The van der Waals surface area contributed by atoms with Crippen molar-refractivity contribution < 1.29 is 9.53 Å². The zero-order valence-electron chi connectivity index (χ0n) is 8.98. The third-order valence-corrected chi connectivity index (χ3v) is 2.57. The van der Waals surface area contributed by atoms with Crippen LogP contribution in [0.3, 0.4) is 0 Å². The summed E-state index contributed by atoms with van der Waals surface area (Å²) in [6.45, 7) is 1.54. The molecule has 1 aliphatic heterocycles. The third-order valence-electron chi connectivity index (χ3n) is 2.57. The van der Waals surface area contributed by atoms with Crippen molar-refractivity contribution in [3.8, 4) is 0 Å². The Hall–Kier alpha value is -1.62. The Kier molecular flexibility index (Phi) is 3.36. The van der Waals surface area contributed by atoms with E-state index in [9.17, 15) is 4.79 Å². The highest BCUT2D eigenvalue weighted by atomic mass is 16.5. The largest absolute Gasteiger partial charge is 0.381 e. The number of nitrogens with zero attached hydrogens (tertiary/aromatic N) is 1. The number of carbonyl (C=O) groups excluding carboxylic acids is 1. The number of carbonyl (C=O) groups is 1. The van der Waals surface area contributed by atoms with E-state index >= 15 is 0 Å². The first-order valence-electron chi connectivity index (χ1n) is 5.37. The lowest BCUT2D eigenvalue weighted by molar-refractivity contribution is 0.0903. The molecule has 1 amide bonds. The van der Waals surface area contributed by atoms with Crippen molar-refractivity contribution in [1.82, 2.24) is 4.98 Å². The average Bonchev–Trinajstić information content (AvgIpc) is 2.30. The second kappa shape index (κ2) is 4.94. The summed E-state index contributed by atoms with van der Waals surface area (Å²) in [4.78, 5) is 15.1. The Bertz CT molecular complexity index is 375. The maximum Gasteiger partial charge on any atom is 0.267 e. The Morgan fingerprint density at radius 1 is 1.44 bits per heavy atom. The molecule has 1 fully saturated rings. The van der Waals surface area contributed by atoms with Gasteiger partial charge >= 0.3 is 0 Å². The van der Waals surface area contributed by atoms with Gasteiger partial charge in [-0.2, -0.15) is 0 Å². The van der Waals surface area contributed by atoms with Crippen LogP contribution in [0, 0.1) is 0 Å². The van der Waals surface area contributed by atoms with Gasteiger partial charge in [-0.1, -0.05) is 6.07 Å². The van der Waals surface area contributed by atoms with Gasteiger partial charge in [0.1, 0.15) is 11.5 Å². The smallest absolute Gasteiger partial charge is 0.267 e. The molecule has 2 rings (SSSR count). The standard InChI is InChI=1S/C11H15N3O2/c12-11(15)9-2-1-3-10(14-9)13-8-4-6-16-7-5-8/h1-3,8H,4-7H2,(H2,12,15)(H,13,14). The van der Waals surface area contributed by atoms with Crippen LogP contribution in [0.15, 0.2) is 18.2 Å². The Labute approximate surface area is 94.0 Å². The van der Waals surface area contributed by atoms with Crippen molar-refractivity contribution in [3.05, 3.63) is 23.9 Å². The van der Waals surface area contributed by atoms with Crippen molar-refractivity contribution in [2.45, 2.75) is 18.9 Å². The molecule has 86 valence electrons. The summed E-state index contributed by atoms with van der Waals surface area (Å²) in [7, 11) is 0. The van der Waals surface area contributed by atoms with E-state index in [0.29, 0.717) is 11.9 Å². The van der Waals surface area contributed by atoms with E-state index in [-0.39, 0.29) is 5.69 Å². The van der Waals surface area contributed by atoms with Gasteiger partial charge in [0.05, 0.1) is 0 Å². The molecule has 5 heteroatoms. The highest BCUT2D eigenvalue weighted by Crippen LogP contribution is 2.13. The predicted octanol–water partition coefficient (Wildman–Crippen LogP) is 0.771. The van der Waals surface area contributed by atoms with E-state index in [1.165, 1.54) is 0 Å². The molecule has 0 unspecified atom stereocenters. The first-order valence-corrected chi connectivity index (χ1v) is 5.37. The fourth-order valence-corrected chi connectivity index (χ4v) is 1.70. The number of nitrogens with two attached hydrogens (primary N) is 1. The van der Waals surface area contributed by atoms with Crippen LogP contribution in [0.2, 0.25) is 0 Å². The number of amides is 1. The van der Waals surface area contributed by atoms with Crippen LogP contribution in [0.4, 0.5) is 5.82 Å². The quantitative estimate of drug-likeness (QED) is 0.790. The molecule has 0 spiro atoms. The molecule has 0 aromatic carbocycles. The van der Waals surface area contributed by atoms with Crippen LogP contribution in [0.5, 0.6) is 0 Å². The zero-order valence-corrected chi connectivity index (χ0v) is 8.98. The Morgan fingerprint density at radius 3 is 2.88 bits per heavy atom. The molecule has 1 aromatic heterocycles. The topological polar surface area (TPSA) is 77.2 Å². The van der Waals surface area contributed by atoms with Crippen molar-refractivity contribution in [2.75, 3.05) is 18.5 Å². The van der Waals surface area contributed by atoms with Gasteiger partial charge in [-0.15, -0.1) is 0 Å².